The first-order chi connectivity index (χ1) is 11.1. The summed E-state index contributed by atoms with van der Waals surface area (Å²) in [5.74, 6) is -0.249. The van der Waals surface area contributed by atoms with Gasteiger partial charge in [-0.1, -0.05) is 25.7 Å². The van der Waals surface area contributed by atoms with Crippen LogP contribution in [0.25, 0.3) is 0 Å². The molecule has 0 aliphatic heterocycles. The Hall–Kier alpha value is -2.35. The highest BCUT2D eigenvalue weighted by molar-refractivity contribution is 5.94. The molecule has 0 atom stereocenters. The fraction of sp³-hybridized carbons (Fsp3) is 0.500. The number of nitrogens with zero attached hydrogens (tertiary/aromatic N) is 2. The summed E-state index contributed by atoms with van der Waals surface area (Å²) in [6, 6.07) is 8.91. The third-order valence-corrected chi connectivity index (χ3v) is 4.28. The number of amides is 2. The van der Waals surface area contributed by atoms with Crippen molar-refractivity contribution in [2.75, 3.05) is 11.9 Å². The van der Waals surface area contributed by atoms with Crippen LogP contribution in [0.15, 0.2) is 24.3 Å². The smallest absolute Gasteiger partial charge is 0.244 e. The van der Waals surface area contributed by atoms with Gasteiger partial charge in [-0.3, -0.25) is 9.59 Å². The molecule has 1 N–H and O–H groups in total. The van der Waals surface area contributed by atoms with Gasteiger partial charge in [0.1, 0.15) is 6.54 Å². The number of benzene rings is 1. The molecule has 1 fully saturated rings. The van der Waals surface area contributed by atoms with E-state index < -0.39 is 0 Å². The fourth-order valence-electron chi connectivity index (χ4n) is 3.05. The van der Waals surface area contributed by atoms with Gasteiger partial charge in [-0.25, -0.2) is 0 Å². The molecule has 23 heavy (non-hydrogen) atoms. The van der Waals surface area contributed by atoms with Crippen molar-refractivity contribution in [3.63, 3.8) is 0 Å². The zero-order valence-electron chi connectivity index (χ0n) is 13.5. The van der Waals surface area contributed by atoms with Gasteiger partial charge >= 0.3 is 0 Å². The highest BCUT2D eigenvalue weighted by Gasteiger charge is 2.24. The summed E-state index contributed by atoms with van der Waals surface area (Å²) in [6.45, 7) is 1.61. The Labute approximate surface area is 137 Å². The molecule has 1 saturated carbocycles. The van der Waals surface area contributed by atoms with Crippen molar-refractivity contribution in [3.8, 4) is 6.07 Å². The number of hydrogen-bond donors (Lipinski definition) is 1. The van der Waals surface area contributed by atoms with E-state index in [4.69, 9.17) is 5.26 Å². The summed E-state index contributed by atoms with van der Waals surface area (Å²) in [4.78, 5) is 25.9. The van der Waals surface area contributed by atoms with Crippen LogP contribution in [0.1, 0.15) is 51.0 Å². The molecule has 0 heterocycles. The third-order valence-electron chi connectivity index (χ3n) is 4.28. The Morgan fingerprint density at radius 3 is 2.30 bits per heavy atom. The van der Waals surface area contributed by atoms with E-state index in [9.17, 15) is 9.59 Å². The van der Waals surface area contributed by atoms with Crippen molar-refractivity contribution in [2.45, 2.75) is 51.5 Å². The standard InChI is InChI=1S/C18H23N3O2/c1-14(22)21(17-6-4-2-3-5-7-17)13-18(23)20-16-10-8-15(12-19)9-11-16/h8-11,17H,2-7,13H2,1H3,(H,20,23). The van der Waals surface area contributed by atoms with Gasteiger partial charge in [0.2, 0.25) is 11.8 Å². The fourth-order valence-corrected chi connectivity index (χ4v) is 3.05. The monoisotopic (exact) mass is 313 g/mol. The third kappa shape index (κ3) is 5.10. The van der Waals surface area contributed by atoms with Crippen molar-refractivity contribution in [3.05, 3.63) is 29.8 Å². The number of nitriles is 1. The van der Waals surface area contributed by atoms with Crippen LogP contribution in [-0.4, -0.2) is 29.3 Å². The van der Waals surface area contributed by atoms with Crippen LogP contribution < -0.4 is 5.32 Å². The number of carbonyl (C=O) groups is 2. The van der Waals surface area contributed by atoms with Gasteiger partial charge in [0.25, 0.3) is 0 Å². The van der Waals surface area contributed by atoms with Crippen molar-refractivity contribution >= 4 is 17.5 Å². The van der Waals surface area contributed by atoms with Crippen molar-refractivity contribution < 1.29 is 9.59 Å². The molecule has 5 heteroatoms. The number of rotatable bonds is 4. The first kappa shape index (κ1) is 17.0. The molecular formula is C18H23N3O2. The molecule has 122 valence electrons. The molecular weight excluding hydrogens is 290 g/mol. The van der Waals surface area contributed by atoms with Crippen molar-refractivity contribution in [1.82, 2.24) is 4.90 Å². The second-order valence-corrected chi connectivity index (χ2v) is 6.03. The predicted molar refractivity (Wildman–Crippen MR) is 88.7 cm³/mol. The lowest BCUT2D eigenvalue weighted by Gasteiger charge is -2.29. The topological polar surface area (TPSA) is 73.2 Å². The average molecular weight is 313 g/mol. The summed E-state index contributed by atoms with van der Waals surface area (Å²) in [7, 11) is 0. The second kappa shape index (κ2) is 8.33. The van der Waals surface area contributed by atoms with E-state index in [0.717, 1.165) is 25.7 Å². The average Bonchev–Trinajstić information content (AvgIpc) is 2.82. The minimum Gasteiger partial charge on any atom is -0.331 e. The van der Waals surface area contributed by atoms with Crippen LogP contribution in [0.2, 0.25) is 0 Å². The molecule has 2 rings (SSSR count). The van der Waals surface area contributed by atoms with Gasteiger partial charge in [0.05, 0.1) is 11.6 Å². The molecule has 1 aliphatic rings. The minimum atomic E-state index is -0.200. The van der Waals surface area contributed by atoms with E-state index in [-0.39, 0.29) is 24.4 Å². The van der Waals surface area contributed by atoms with Gasteiger partial charge in [0, 0.05) is 18.7 Å². The lowest BCUT2D eigenvalue weighted by molar-refractivity contribution is -0.135. The summed E-state index contributed by atoms with van der Waals surface area (Å²) < 4.78 is 0. The molecule has 0 saturated heterocycles. The first-order valence-electron chi connectivity index (χ1n) is 8.17. The first-order valence-corrected chi connectivity index (χ1v) is 8.17. The van der Waals surface area contributed by atoms with Crippen LogP contribution in [-0.2, 0) is 9.59 Å². The van der Waals surface area contributed by atoms with E-state index in [2.05, 4.69) is 5.32 Å². The van der Waals surface area contributed by atoms with Crippen LogP contribution >= 0.6 is 0 Å². The van der Waals surface area contributed by atoms with E-state index in [1.165, 1.54) is 19.8 Å². The summed E-state index contributed by atoms with van der Waals surface area (Å²) in [5.41, 5.74) is 1.19. The normalized spacial score (nSPS) is 15.3. The van der Waals surface area contributed by atoms with Gasteiger partial charge in [0.15, 0.2) is 0 Å². The molecule has 1 aliphatic carbocycles. The molecule has 0 aromatic heterocycles. The quantitative estimate of drug-likeness (QED) is 0.868. The van der Waals surface area contributed by atoms with E-state index >= 15 is 0 Å². The molecule has 0 bridgehead atoms. The van der Waals surface area contributed by atoms with Gasteiger partial charge in [-0.2, -0.15) is 5.26 Å². The van der Waals surface area contributed by atoms with Crippen LogP contribution in [0.3, 0.4) is 0 Å². The second-order valence-electron chi connectivity index (χ2n) is 6.03. The molecule has 0 unspecified atom stereocenters. The SMILES string of the molecule is CC(=O)N(CC(=O)Nc1ccc(C#N)cc1)C1CCCCCC1. The molecule has 1 aromatic carbocycles. The van der Waals surface area contributed by atoms with Crippen LogP contribution in [0.5, 0.6) is 0 Å². The largest absolute Gasteiger partial charge is 0.331 e. The van der Waals surface area contributed by atoms with Crippen LogP contribution in [0, 0.1) is 11.3 Å². The Bertz CT molecular complexity index is 581. The van der Waals surface area contributed by atoms with Gasteiger partial charge < -0.3 is 10.2 Å². The van der Waals surface area contributed by atoms with Gasteiger partial charge in [-0.15, -0.1) is 0 Å². The molecule has 0 spiro atoms. The Morgan fingerprint density at radius 2 is 1.78 bits per heavy atom. The number of nitrogens with one attached hydrogen (secondary N) is 1. The number of hydrogen-bond acceptors (Lipinski definition) is 3. The zero-order chi connectivity index (χ0) is 16.7. The minimum absolute atomic E-state index is 0.0492. The lowest BCUT2D eigenvalue weighted by atomic mass is 10.1. The van der Waals surface area contributed by atoms with Crippen molar-refractivity contribution in [1.29, 1.82) is 5.26 Å². The lowest BCUT2D eigenvalue weighted by Crippen LogP contribution is -2.43. The molecule has 5 nitrogen and oxygen atoms in total. The van der Waals surface area contributed by atoms with E-state index in [1.54, 1.807) is 29.2 Å². The molecule has 1 aromatic rings. The maximum Gasteiger partial charge on any atom is 0.244 e. The Kier molecular flexibility index (Phi) is 6.16. The highest BCUT2D eigenvalue weighted by atomic mass is 16.2. The number of anilines is 1. The number of carbonyl (C=O) groups excluding carboxylic acids is 2. The molecule has 2 amide bonds. The highest BCUT2D eigenvalue weighted by Crippen LogP contribution is 2.22. The van der Waals surface area contributed by atoms with Crippen molar-refractivity contribution in [2.24, 2.45) is 0 Å². The predicted octanol–water partition coefficient (Wildman–Crippen LogP) is 3.07. The maximum absolute atomic E-state index is 12.2. The van der Waals surface area contributed by atoms with E-state index in [0.29, 0.717) is 11.3 Å². The summed E-state index contributed by atoms with van der Waals surface area (Å²) in [6.07, 6.45) is 6.60. The molecule has 0 radical (unpaired) electrons. The Morgan fingerprint density at radius 1 is 1.17 bits per heavy atom. The van der Waals surface area contributed by atoms with Crippen LogP contribution in [0.4, 0.5) is 5.69 Å². The Balaban J connectivity index is 1.96. The zero-order valence-corrected chi connectivity index (χ0v) is 13.5. The van der Waals surface area contributed by atoms with E-state index in [1.807, 2.05) is 6.07 Å². The summed E-state index contributed by atoms with van der Waals surface area (Å²) >= 11 is 0. The maximum atomic E-state index is 12.2. The summed E-state index contributed by atoms with van der Waals surface area (Å²) in [5, 5.41) is 11.6. The van der Waals surface area contributed by atoms with Gasteiger partial charge in [-0.05, 0) is 37.1 Å².